The Balaban J connectivity index is 2.52. The van der Waals surface area contributed by atoms with Crippen LogP contribution in [-0.2, 0) is 6.54 Å². The molecule has 0 atom stereocenters. The van der Waals surface area contributed by atoms with Crippen molar-refractivity contribution in [3.8, 4) is 11.4 Å². The molecule has 0 bridgehead atoms. The third-order valence-electron chi connectivity index (χ3n) is 2.61. The van der Waals surface area contributed by atoms with Gasteiger partial charge in [-0.15, -0.1) is 0 Å². The first kappa shape index (κ1) is 13.6. The predicted octanol–water partition coefficient (Wildman–Crippen LogP) is 1.70. The maximum Gasteiger partial charge on any atom is 0.275 e. The minimum atomic E-state index is -0.425. The van der Waals surface area contributed by atoms with Gasteiger partial charge in [0.1, 0.15) is 11.4 Å². The minimum Gasteiger partial charge on any atom is -0.506 e. The maximum absolute atomic E-state index is 11.9. The van der Waals surface area contributed by atoms with Gasteiger partial charge >= 0.3 is 0 Å². The van der Waals surface area contributed by atoms with Gasteiger partial charge in [-0.1, -0.05) is 30.7 Å². The summed E-state index contributed by atoms with van der Waals surface area (Å²) in [5.74, 6) is -0.116. The van der Waals surface area contributed by atoms with E-state index in [0.717, 1.165) is 12.6 Å². The normalized spacial score (nSPS) is 10.6. The smallest absolute Gasteiger partial charge is 0.275 e. The molecule has 19 heavy (non-hydrogen) atoms. The summed E-state index contributed by atoms with van der Waals surface area (Å²) in [5, 5.41) is 17.3. The number of aromatic nitrogens is 2. The van der Waals surface area contributed by atoms with Crippen molar-refractivity contribution < 1.29 is 5.11 Å². The van der Waals surface area contributed by atoms with Gasteiger partial charge in [-0.3, -0.25) is 4.79 Å². The molecule has 0 aliphatic carbocycles. The van der Waals surface area contributed by atoms with Crippen molar-refractivity contribution in [1.29, 1.82) is 0 Å². The number of nitrogens with zero attached hydrogens (tertiary/aromatic N) is 2. The molecule has 0 aliphatic rings. The van der Waals surface area contributed by atoms with Crippen LogP contribution in [0.15, 0.2) is 35.1 Å². The second-order valence-corrected chi connectivity index (χ2v) is 4.37. The van der Waals surface area contributed by atoms with E-state index in [1.807, 2.05) is 6.92 Å². The molecule has 2 rings (SSSR count). The zero-order chi connectivity index (χ0) is 13.8. The van der Waals surface area contributed by atoms with Crippen LogP contribution in [0.2, 0.25) is 5.02 Å². The van der Waals surface area contributed by atoms with Crippen molar-refractivity contribution in [2.24, 2.45) is 0 Å². The Bertz CT molecular complexity index is 640. The molecule has 0 fully saturated rings. The van der Waals surface area contributed by atoms with E-state index >= 15 is 0 Å². The third kappa shape index (κ3) is 2.94. The quantitative estimate of drug-likeness (QED) is 0.894. The summed E-state index contributed by atoms with van der Waals surface area (Å²) < 4.78 is 1.19. The summed E-state index contributed by atoms with van der Waals surface area (Å²) in [6.45, 7) is 3.07. The Labute approximate surface area is 115 Å². The largest absolute Gasteiger partial charge is 0.506 e. The number of rotatable bonds is 4. The molecule has 0 aliphatic heterocycles. The highest BCUT2D eigenvalue weighted by Crippen LogP contribution is 2.19. The Morgan fingerprint density at radius 3 is 2.84 bits per heavy atom. The number of aromatic hydroxyl groups is 1. The maximum atomic E-state index is 11.9. The van der Waals surface area contributed by atoms with E-state index in [2.05, 4.69) is 10.4 Å². The molecule has 0 spiro atoms. The lowest BCUT2D eigenvalue weighted by atomic mass is 10.3. The molecule has 0 unspecified atom stereocenters. The first-order chi connectivity index (χ1) is 9.13. The molecule has 0 radical (unpaired) electrons. The van der Waals surface area contributed by atoms with Gasteiger partial charge in [0, 0.05) is 12.6 Å². The van der Waals surface area contributed by atoms with E-state index < -0.39 is 5.56 Å². The van der Waals surface area contributed by atoms with Gasteiger partial charge in [0.15, 0.2) is 0 Å². The fourth-order valence-corrected chi connectivity index (χ4v) is 1.86. The van der Waals surface area contributed by atoms with Crippen LogP contribution in [0.4, 0.5) is 0 Å². The van der Waals surface area contributed by atoms with Gasteiger partial charge in [-0.25, -0.2) is 0 Å². The topological polar surface area (TPSA) is 67.2 Å². The van der Waals surface area contributed by atoms with E-state index in [-0.39, 0.29) is 5.75 Å². The van der Waals surface area contributed by atoms with Gasteiger partial charge in [0.2, 0.25) is 0 Å². The Morgan fingerprint density at radius 1 is 1.42 bits per heavy atom. The standard InChI is InChI=1S/C13H14ClN3O2/c1-2-15-8-10-12(18)7-13(19)17(16-10)11-6-4-3-5-9(11)14/h3-7,15,18H,2,8H2,1H3. The number of benzene rings is 1. The van der Waals surface area contributed by atoms with Crippen LogP contribution in [0, 0.1) is 0 Å². The molecule has 0 saturated heterocycles. The van der Waals surface area contributed by atoms with Crippen molar-refractivity contribution in [2.75, 3.05) is 6.54 Å². The molecule has 100 valence electrons. The van der Waals surface area contributed by atoms with Crippen LogP contribution >= 0.6 is 11.6 Å². The van der Waals surface area contributed by atoms with E-state index in [1.54, 1.807) is 24.3 Å². The molecule has 1 aromatic heterocycles. The Morgan fingerprint density at radius 2 is 2.16 bits per heavy atom. The molecule has 0 amide bonds. The Kier molecular flexibility index (Phi) is 4.19. The molecular formula is C13H14ClN3O2. The van der Waals surface area contributed by atoms with Crippen LogP contribution in [0.5, 0.6) is 5.75 Å². The van der Waals surface area contributed by atoms with Crippen molar-refractivity contribution in [2.45, 2.75) is 13.5 Å². The van der Waals surface area contributed by atoms with Gasteiger partial charge in [-0.2, -0.15) is 9.78 Å². The number of hydrogen-bond acceptors (Lipinski definition) is 4. The highest BCUT2D eigenvalue weighted by atomic mass is 35.5. The summed E-state index contributed by atoms with van der Waals surface area (Å²) in [6.07, 6.45) is 0. The van der Waals surface area contributed by atoms with Crippen LogP contribution in [-0.4, -0.2) is 21.4 Å². The molecule has 1 aromatic carbocycles. The molecule has 0 saturated carbocycles. The van der Waals surface area contributed by atoms with Crippen LogP contribution < -0.4 is 10.9 Å². The SMILES string of the molecule is CCNCc1nn(-c2ccccc2Cl)c(=O)cc1O. The molecule has 6 heteroatoms. The lowest BCUT2D eigenvalue weighted by molar-refractivity contribution is 0.452. The summed E-state index contributed by atoms with van der Waals surface area (Å²) in [6, 6.07) is 8.07. The summed E-state index contributed by atoms with van der Waals surface area (Å²) in [4.78, 5) is 11.9. The van der Waals surface area contributed by atoms with Crippen LogP contribution in [0.25, 0.3) is 5.69 Å². The van der Waals surface area contributed by atoms with E-state index in [9.17, 15) is 9.90 Å². The highest BCUT2D eigenvalue weighted by molar-refractivity contribution is 6.32. The average Bonchev–Trinajstić information content (AvgIpc) is 2.39. The van der Waals surface area contributed by atoms with Crippen LogP contribution in [0.1, 0.15) is 12.6 Å². The van der Waals surface area contributed by atoms with Gasteiger partial charge in [0.25, 0.3) is 5.56 Å². The fourth-order valence-electron chi connectivity index (χ4n) is 1.65. The van der Waals surface area contributed by atoms with Crippen molar-refractivity contribution in [3.05, 3.63) is 51.4 Å². The molecule has 1 heterocycles. The summed E-state index contributed by atoms with van der Waals surface area (Å²) >= 11 is 6.05. The van der Waals surface area contributed by atoms with E-state index in [4.69, 9.17) is 11.6 Å². The van der Waals surface area contributed by atoms with Crippen molar-refractivity contribution in [1.82, 2.24) is 15.1 Å². The first-order valence-corrected chi connectivity index (χ1v) is 6.29. The third-order valence-corrected chi connectivity index (χ3v) is 2.93. The fraction of sp³-hybridized carbons (Fsp3) is 0.231. The number of para-hydroxylation sites is 1. The van der Waals surface area contributed by atoms with E-state index in [1.165, 1.54) is 4.68 Å². The second kappa shape index (κ2) is 5.86. The summed E-state index contributed by atoms with van der Waals surface area (Å²) in [5.41, 5.74) is 0.471. The van der Waals surface area contributed by atoms with E-state index in [0.29, 0.717) is 22.9 Å². The first-order valence-electron chi connectivity index (χ1n) is 5.91. The average molecular weight is 280 g/mol. The van der Waals surface area contributed by atoms with Gasteiger partial charge in [0.05, 0.1) is 10.7 Å². The minimum absolute atomic E-state index is 0.116. The highest BCUT2D eigenvalue weighted by Gasteiger charge is 2.10. The van der Waals surface area contributed by atoms with Gasteiger partial charge in [-0.05, 0) is 18.7 Å². The number of hydrogen-bond donors (Lipinski definition) is 2. The van der Waals surface area contributed by atoms with Crippen LogP contribution in [0.3, 0.4) is 0 Å². The lowest BCUT2D eigenvalue weighted by Crippen LogP contribution is -2.24. The lowest BCUT2D eigenvalue weighted by Gasteiger charge is -2.10. The summed E-state index contributed by atoms with van der Waals surface area (Å²) in [7, 11) is 0. The van der Waals surface area contributed by atoms with Gasteiger partial charge < -0.3 is 10.4 Å². The predicted molar refractivity (Wildman–Crippen MR) is 73.9 cm³/mol. The van der Waals surface area contributed by atoms with Crippen molar-refractivity contribution in [3.63, 3.8) is 0 Å². The number of nitrogens with one attached hydrogen (secondary N) is 1. The second-order valence-electron chi connectivity index (χ2n) is 3.96. The monoisotopic (exact) mass is 279 g/mol. The molecule has 2 N–H and O–H groups in total. The molecular weight excluding hydrogens is 266 g/mol. The molecule has 2 aromatic rings. The molecule has 5 nitrogen and oxygen atoms in total. The number of halogens is 1. The Hall–Kier alpha value is -1.85. The zero-order valence-electron chi connectivity index (χ0n) is 10.4. The zero-order valence-corrected chi connectivity index (χ0v) is 11.2. The van der Waals surface area contributed by atoms with Crippen molar-refractivity contribution >= 4 is 11.6 Å².